The maximum Gasteiger partial charge on any atom is 0.256 e. The number of rotatable bonds is 5. The molecule has 1 aliphatic carbocycles. The van der Waals surface area contributed by atoms with Gasteiger partial charge < -0.3 is 20.1 Å². The van der Waals surface area contributed by atoms with Gasteiger partial charge in [0.2, 0.25) is 0 Å². The Balaban J connectivity index is 1.79. The molecule has 27 heavy (non-hydrogen) atoms. The van der Waals surface area contributed by atoms with Gasteiger partial charge in [-0.15, -0.1) is 0 Å². The molecule has 1 amide bonds. The molecule has 0 saturated carbocycles. The SMILES string of the molecule is COc1ccc2c(c1)C(=Cc1[nH]c3c(c1CCCO)CCCCC3)C(=O)N2. The maximum absolute atomic E-state index is 12.6. The summed E-state index contributed by atoms with van der Waals surface area (Å²) in [6.45, 7) is 0.177. The molecule has 0 fully saturated rings. The summed E-state index contributed by atoms with van der Waals surface area (Å²) < 4.78 is 5.33. The van der Waals surface area contributed by atoms with Gasteiger partial charge in [-0.3, -0.25) is 4.79 Å². The van der Waals surface area contributed by atoms with E-state index in [1.165, 1.54) is 36.1 Å². The van der Waals surface area contributed by atoms with E-state index in [9.17, 15) is 9.90 Å². The van der Waals surface area contributed by atoms with Crippen molar-refractivity contribution in [2.75, 3.05) is 19.0 Å². The van der Waals surface area contributed by atoms with Crippen LogP contribution in [0.15, 0.2) is 18.2 Å². The average molecular weight is 366 g/mol. The highest BCUT2D eigenvalue weighted by Crippen LogP contribution is 2.37. The molecule has 0 unspecified atom stereocenters. The number of carbonyl (C=O) groups excluding carboxylic acids is 1. The van der Waals surface area contributed by atoms with Crippen molar-refractivity contribution in [1.82, 2.24) is 4.98 Å². The van der Waals surface area contributed by atoms with Crippen LogP contribution < -0.4 is 10.1 Å². The Morgan fingerprint density at radius 2 is 2.07 bits per heavy atom. The van der Waals surface area contributed by atoms with Gasteiger partial charge in [0.15, 0.2) is 0 Å². The van der Waals surface area contributed by atoms with Crippen molar-refractivity contribution in [3.05, 3.63) is 46.3 Å². The quantitative estimate of drug-likeness (QED) is 0.558. The van der Waals surface area contributed by atoms with Crippen LogP contribution in [-0.4, -0.2) is 29.7 Å². The minimum absolute atomic E-state index is 0.0869. The van der Waals surface area contributed by atoms with Crippen LogP contribution in [0.1, 0.15) is 53.8 Å². The molecule has 1 aromatic carbocycles. The third-order valence-corrected chi connectivity index (χ3v) is 5.58. The summed E-state index contributed by atoms with van der Waals surface area (Å²) in [5.74, 6) is 0.648. The number of aliphatic hydroxyl groups excluding tert-OH is 1. The smallest absolute Gasteiger partial charge is 0.256 e. The number of aromatic amines is 1. The molecule has 0 radical (unpaired) electrons. The highest BCUT2D eigenvalue weighted by Gasteiger charge is 2.26. The number of benzene rings is 1. The molecular formula is C22H26N2O3. The van der Waals surface area contributed by atoms with E-state index in [1.54, 1.807) is 7.11 Å². The van der Waals surface area contributed by atoms with Crippen molar-refractivity contribution in [1.29, 1.82) is 0 Å². The number of hydrogen-bond acceptors (Lipinski definition) is 3. The molecule has 0 atom stereocenters. The lowest BCUT2D eigenvalue weighted by Gasteiger charge is -2.06. The molecule has 5 nitrogen and oxygen atoms in total. The van der Waals surface area contributed by atoms with Crippen molar-refractivity contribution < 1.29 is 14.6 Å². The summed E-state index contributed by atoms with van der Waals surface area (Å²) in [6, 6.07) is 5.63. The van der Waals surface area contributed by atoms with Crippen molar-refractivity contribution in [2.45, 2.75) is 44.9 Å². The van der Waals surface area contributed by atoms with Gasteiger partial charge in [0.25, 0.3) is 5.91 Å². The molecule has 142 valence electrons. The highest BCUT2D eigenvalue weighted by atomic mass is 16.5. The lowest BCUT2D eigenvalue weighted by Crippen LogP contribution is -2.04. The molecule has 3 N–H and O–H groups in total. The average Bonchev–Trinajstić information content (AvgIpc) is 3.05. The van der Waals surface area contributed by atoms with Crippen molar-refractivity contribution >= 4 is 23.2 Å². The number of carbonyl (C=O) groups is 1. The predicted molar refractivity (Wildman–Crippen MR) is 107 cm³/mol. The van der Waals surface area contributed by atoms with Gasteiger partial charge in [0.05, 0.1) is 12.7 Å². The van der Waals surface area contributed by atoms with Crippen LogP contribution in [0.2, 0.25) is 0 Å². The van der Waals surface area contributed by atoms with Gasteiger partial charge >= 0.3 is 0 Å². The van der Waals surface area contributed by atoms with Gasteiger partial charge in [-0.2, -0.15) is 0 Å². The second-order valence-corrected chi connectivity index (χ2v) is 7.29. The molecule has 1 aliphatic heterocycles. The molecule has 5 heteroatoms. The van der Waals surface area contributed by atoms with Crippen molar-refractivity contribution in [3.63, 3.8) is 0 Å². The summed E-state index contributed by atoms with van der Waals surface area (Å²) >= 11 is 0. The molecule has 2 aromatic rings. The van der Waals surface area contributed by atoms with Crippen LogP contribution in [0.25, 0.3) is 11.6 Å². The summed E-state index contributed by atoms with van der Waals surface area (Å²) in [5.41, 5.74) is 7.32. The first kappa shape index (κ1) is 17.9. The first-order chi connectivity index (χ1) is 13.2. The molecule has 1 aromatic heterocycles. The number of fused-ring (bicyclic) bond motifs is 2. The summed E-state index contributed by atoms with van der Waals surface area (Å²) in [6.07, 6.45) is 9.32. The van der Waals surface area contributed by atoms with Crippen LogP contribution >= 0.6 is 0 Å². The first-order valence-electron chi connectivity index (χ1n) is 9.76. The van der Waals surface area contributed by atoms with Crippen molar-refractivity contribution in [2.24, 2.45) is 0 Å². The Morgan fingerprint density at radius 3 is 2.89 bits per heavy atom. The number of aromatic nitrogens is 1. The number of hydrogen-bond donors (Lipinski definition) is 3. The van der Waals surface area contributed by atoms with Crippen LogP contribution in [0, 0.1) is 0 Å². The predicted octanol–water partition coefficient (Wildman–Crippen LogP) is 3.71. The summed E-state index contributed by atoms with van der Waals surface area (Å²) in [5, 5.41) is 12.3. The molecule has 0 saturated heterocycles. The minimum atomic E-state index is -0.0869. The lowest BCUT2D eigenvalue weighted by molar-refractivity contribution is -0.110. The molecule has 0 spiro atoms. The van der Waals surface area contributed by atoms with E-state index in [4.69, 9.17) is 4.74 Å². The normalized spacial score (nSPS) is 17.4. The monoisotopic (exact) mass is 366 g/mol. The Morgan fingerprint density at radius 1 is 1.22 bits per heavy atom. The number of anilines is 1. The number of amides is 1. The van der Waals surface area contributed by atoms with E-state index in [0.29, 0.717) is 5.57 Å². The fourth-order valence-electron chi connectivity index (χ4n) is 4.20. The number of ether oxygens (including phenoxy) is 1. The molecule has 0 bridgehead atoms. The molecule has 2 heterocycles. The summed E-state index contributed by atoms with van der Waals surface area (Å²) in [7, 11) is 1.63. The number of nitrogens with one attached hydrogen (secondary N) is 2. The Labute approximate surface area is 159 Å². The number of H-pyrrole nitrogens is 1. The highest BCUT2D eigenvalue weighted by molar-refractivity contribution is 6.35. The van der Waals surface area contributed by atoms with Gasteiger partial charge in [-0.1, -0.05) is 6.42 Å². The standard InChI is InChI=1S/C22H26N2O3/c1-27-14-9-10-20-17(12-14)18(22(26)24-20)13-21-16(7-5-11-25)15-6-3-2-4-8-19(15)23-21/h9-10,12-13,23,25H,2-8,11H2,1H3,(H,24,26). The molecule has 4 rings (SSSR count). The lowest BCUT2D eigenvalue weighted by atomic mass is 9.98. The number of aliphatic hydroxyl groups is 1. The van der Waals surface area contributed by atoms with Gasteiger partial charge in [0, 0.05) is 29.2 Å². The third-order valence-electron chi connectivity index (χ3n) is 5.58. The third kappa shape index (κ3) is 3.39. The second kappa shape index (κ2) is 7.61. The van der Waals surface area contributed by atoms with Gasteiger partial charge in [-0.05, 0) is 73.9 Å². The first-order valence-corrected chi connectivity index (χ1v) is 9.76. The maximum atomic E-state index is 12.6. The zero-order chi connectivity index (χ0) is 18.8. The second-order valence-electron chi connectivity index (χ2n) is 7.29. The Kier molecular flexibility index (Phi) is 5.03. The van der Waals surface area contributed by atoms with E-state index in [1.807, 2.05) is 24.3 Å². The summed E-state index contributed by atoms with van der Waals surface area (Å²) in [4.78, 5) is 16.2. The topological polar surface area (TPSA) is 74.3 Å². The Bertz CT molecular complexity index is 895. The van der Waals surface area contributed by atoms with E-state index < -0.39 is 0 Å². The van der Waals surface area contributed by atoms with Crippen LogP contribution in [0.4, 0.5) is 5.69 Å². The fourth-order valence-corrected chi connectivity index (χ4v) is 4.20. The van der Waals surface area contributed by atoms with E-state index in [2.05, 4.69) is 10.3 Å². The minimum Gasteiger partial charge on any atom is -0.497 e. The molecular weight excluding hydrogens is 340 g/mol. The Hall–Kier alpha value is -2.53. The van der Waals surface area contributed by atoms with E-state index >= 15 is 0 Å². The van der Waals surface area contributed by atoms with Crippen molar-refractivity contribution in [3.8, 4) is 5.75 Å². The van der Waals surface area contributed by atoms with Gasteiger partial charge in [-0.25, -0.2) is 0 Å². The largest absolute Gasteiger partial charge is 0.497 e. The van der Waals surface area contributed by atoms with Crippen LogP contribution in [-0.2, 0) is 24.1 Å². The molecule has 2 aliphatic rings. The zero-order valence-electron chi connectivity index (χ0n) is 15.7. The number of methoxy groups -OCH3 is 1. The van der Waals surface area contributed by atoms with Crippen LogP contribution in [0.3, 0.4) is 0 Å². The van der Waals surface area contributed by atoms with Crippen LogP contribution in [0.5, 0.6) is 5.75 Å². The number of aryl methyl sites for hydroxylation is 1. The van der Waals surface area contributed by atoms with E-state index in [0.717, 1.165) is 48.4 Å². The fraction of sp³-hybridized carbons (Fsp3) is 0.409. The van der Waals surface area contributed by atoms with Gasteiger partial charge in [0.1, 0.15) is 5.75 Å². The zero-order valence-corrected chi connectivity index (χ0v) is 15.7. The van der Waals surface area contributed by atoms with E-state index in [-0.39, 0.29) is 12.5 Å².